The number of aromatic nitrogens is 1. The third-order valence-corrected chi connectivity index (χ3v) is 1.32. The number of rotatable bonds is 1. The molecular formula is C7H9NO. The standard InChI is InChI=1S/C7H9NO/c1-3-6(2)7-4-8-9-5-7/h3-5H,1-2H3/b6-3+. The molecule has 0 spiro atoms. The van der Waals surface area contributed by atoms with Crippen LogP contribution in [0.5, 0.6) is 0 Å². The Hall–Kier alpha value is -1.05. The van der Waals surface area contributed by atoms with Gasteiger partial charge in [0.25, 0.3) is 0 Å². The maximum absolute atomic E-state index is 4.65. The molecule has 0 atom stereocenters. The van der Waals surface area contributed by atoms with E-state index in [2.05, 4.69) is 9.68 Å². The van der Waals surface area contributed by atoms with Crippen molar-refractivity contribution in [1.82, 2.24) is 5.16 Å². The largest absolute Gasteiger partial charge is 0.364 e. The molecule has 48 valence electrons. The van der Waals surface area contributed by atoms with E-state index < -0.39 is 0 Å². The van der Waals surface area contributed by atoms with Crippen molar-refractivity contribution in [2.75, 3.05) is 0 Å². The molecule has 0 aliphatic heterocycles. The van der Waals surface area contributed by atoms with Gasteiger partial charge in [-0.2, -0.15) is 0 Å². The number of allylic oxidation sites excluding steroid dienone is 2. The van der Waals surface area contributed by atoms with Crippen molar-refractivity contribution in [3.63, 3.8) is 0 Å². The van der Waals surface area contributed by atoms with E-state index in [4.69, 9.17) is 0 Å². The van der Waals surface area contributed by atoms with Crippen LogP contribution in [0.1, 0.15) is 19.4 Å². The Kier molecular flexibility index (Phi) is 1.68. The fourth-order valence-electron chi connectivity index (χ4n) is 0.566. The average Bonchev–Trinajstić information content (AvgIpc) is 2.37. The van der Waals surface area contributed by atoms with Gasteiger partial charge >= 0.3 is 0 Å². The molecule has 0 saturated carbocycles. The van der Waals surface area contributed by atoms with Gasteiger partial charge in [-0.05, 0) is 19.4 Å². The van der Waals surface area contributed by atoms with Crippen molar-refractivity contribution in [3.8, 4) is 0 Å². The van der Waals surface area contributed by atoms with E-state index in [0.29, 0.717) is 0 Å². The molecule has 9 heavy (non-hydrogen) atoms. The molecule has 0 saturated heterocycles. The third kappa shape index (κ3) is 1.19. The van der Waals surface area contributed by atoms with Crippen LogP contribution in [0.2, 0.25) is 0 Å². The second kappa shape index (κ2) is 2.49. The molecule has 1 aromatic heterocycles. The van der Waals surface area contributed by atoms with E-state index in [0.717, 1.165) is 5.56 Å². The number of hydrogen-bond acceptors (Lipinski definition) is 2. The highest BCUT2D eigenvalue weighted by atomic mass is 16.5. The van der Waals surface area contributed by atoms with E-state index in [-0.39, 0.29) is 0 Å². The van der Waals surface area contributed by atoms with Crippen LogP contribution in [0.25, 0.3) is 5.57 Å². The van der Waals surface area contributed by atoms with Crippen LogP contribution in [-0.4, -0.2) is 5.16 Å². The predicted octanol–water partition coefficient (Wildman–Crippen LogP) is 2.10. The zero-order valence-corrected chi connectivity index (χ0v) is 5.59. The van der Waals surface area contributed by atoms with Crippen molar-refractivity contribution in [3.05, 3.63) is 24.1 Å². The first-order valence-electron chi connectivity index (χ1n) is 2.87. The summed E-state index contributed by atoms with van der Waals surface area (Å²) in [6.45, 7) is 4.01. The van der Waals surface area contributed by atoms with Crippen LogP contribution in [0.3, 0.4) is 0 Å². The zero-order chi connectivity index (χ0) is 6.69. The van der Waals surface area contributed by atoms with E-state index in [1.807, 2.05) is 19.9 Å². The van der Waals surface area contributed by atoms with Gasteiger partial charge in [0.2, 0.25) is 0 Å². The fourth-order valence-corrected chi connectivity index (χ4v) is 0.566. The minimum atomic E-state index is 1.05. The van der Waals surface area contributed by atoms with E-state index in [9.17, 15) is 0 Å². The van der Waals surface area contributed by atoms with Crippen LogP contribution in [0, 0.1) is 0 Å². The highest BCUT2D eigenvalue weighted by molar-refractivity contribution is 5.61. The summed E-state index contributed by atoms with van der Waals surface area (Å²) < 4.78 is 4.65. The molecule has 0 aromatic carbocycles. The molecule has 1 rings (SSSR count). The average molecular weight is 123 g/mol. The Morgan fingerprint density at radius 2 is 2.56 bits per heavy atom. The summed E-state index contributed by atoms with van der Waals surface area (Å²) in [5.41, 5.74) is 2.24. The molecule has 0 aliphatic carbocycles. The Bertz CT molecular complexity index is 199. The Balaban J connectivity index is 2.90. The van der Waals surface area contributed by atoms with Gasteiger partial charge in [0, 0.05) is 5.56 Å². The monoisotopic (exact) mass is 123 g/mol. The van der Waals surface area contributed by atoms with Crippen molar-refractivity contribution >= 4 is 5.57 Å². The molecule has 0 aliphatic rings. The van der Waals surface area contributed by atoms with Crippen molar-refractivity contribution in [2.45, 2.75) is 13.8 Å². The van der Waals surface area contributed by atoms with Crippen molar-refractivity contribution in [2.24, 2.45) is 0 Å². The fraction of sp³-hybridized carbons (Fsp3) is 0.286. The molecule has 2 nitrogen and oxygen atoms in total. The van der Waals surface area contributed by atoms with Gasteiger partial charge < -0.3 is 4.52 Å². The maximum Gasteiger partial charge on any atom is 0.131 e. The van der Waals surface area contributed by atoms with Gasteiger partial charge in [0.15, 0.2) is 0 Å². The van der Waals surface area contributed by atoms with Crippen LogP contribution in [0.15, 0.2) is 23.1 Å². The molecule has 0 fully saturated rings. The van der Waals surface area contributed by atoms with Crippen LogP contribution in [-0.2, 0) is 0 Å². The highest BCUT2D eigenvalue weighted by Gasteiger charge is 1.93. The Morgan fingerprint density at radius 3 is 3.00 bits per heavy atom. The summed E-state index contributed by atoms with van der Waals surface area (Å²) >= 11 is 0. The minimum absolute atomic E-state index is 1.05. The summed E-state index contributed by atoms with van der Waals surface area (Å²) in [6, 6.07) is 0. The second-order valence-electron chi connectivity index (χ2n) is 1.88. The third-order valence-electron chi connectivity index (χ3n) is 1.32. The van der Waals surface area contributed by atoms with Gasteiger partial charge in [-0.1, -0.05) is 11.2 Å². The predicted molar refractivity (Wildman–Crippen MR) is 35.8 cm³/mol. The molecule has 0 amide bonds. The first-order chi connectivity index (χ1) is 4.34. The Morgan fingerprint density at radius 1 is 1.78 bits per heavy atom. The lowest BCUT2D eigenvalue weighted by Crippen LogP contribution is -1.69. The van der Waals surface area contributed by atoms with E-state index in [1.54, 1.807) is 12.5 Å². The van der Waals surface area contributed by atoms with Crippen molar-refractivity contribution in [1.29, 1.82) is 0 Å². The molecule has 0 bridgehead atoms. The lowest BCUT2D eigenvalue weighted by atomic mass is 10.2. The van der Waals surface area contributed by atoms with E-state index in [1.165, 1.54) is 5.57 Å². The van der Waals surface area contributed by atoms with Crippen LogP contribution < -0.4 is 0 Å². The normalized spacial score (nSPS) is 12.0. The highest BCUT2D eigenvalue weighted by Crippen LogP contribution is 2.10. The van der Waals surface area contributed by atoms with Gasteiger partial charge in [-0.3, -0.25) is 0 Å². The second-order valence-corrected chi connectivity index (χ2v) is 1.88. The van der Waals surface area contributed by atoms with Gasteiger partial charge in [0.1, 0.15) is 6.26 Å². The van der Waals surface area contributed by atoms with E-state index >= 15 is 0 Å². The SMILES string of the molecule is C/C=C(\C)c1cnoc1. The molecule has 1 heterocycles. The zero-order valence-electron chi connectivity index (χ0n) is 5.59. The molecule has 2 heteroatoms. The summed E-state index contributed by atoms with van der Waals surface area (Å²) in [5, 5.41) is 3.58. The van der Waals surface area contributed by atoms with Gasteiger partial charge in [-0.15, -0.1) is 0 Å². The molecule has 0 unspecified atom stereocenters. The molecular weight excluding hydrogens is 114 g/mol. The Labute approximate surface area is 54.2 Å². The molecule has 0 radical (unpaired) electrons. The summed E-state index contributed by atoms with van der Waals surface area (Å²) in [7, 11) is 0. The van der Waals surface area contributed by atoms with Gasteiger partial charge in [0.05, 0.1) is 6.20 Å². The molecule has 0 N–H and O–H groups in total. The number of nitrogens with zero attached hydrogens (tertiary/aromatic N) is 1. The first-order valence-corrected chi connectivity index (χ1v) is 2.87. The number of hydrogen-bond donors (Lipinski definition) is 0. The maximum atomic E-state index is 4.65. The van der Waals surface area contributed by atoms with Crippen LogP contribution >= 0.6 is 0 Å². The van der Waals surface area contributed by atoms with Crippen molar-refractivity contribution < 1.29 is 4.52 Å². The summed E-state index contributed by atoms with van der Waals surface area (Å²) in [6.07, 6.45) is 5.36. The quantitative estimate of drug-likeness (QED) is 0.571. The lowest BCUT2D eigenvalue weighted by Gasteiger charge is -1.87. The topological polar surface area (TPSA) is 26.0 Å². The summed E-state index contributed by atoms with van der Waals surface area (Å²) in [5.74, 6) is 0. The lowest BCUT2D eigenvalue weighted by molar-refractivity contribution is 0.419. The first kappa shape index (κ1) is 6.08. The molecule has 1 aromatic rings. The van der Waals surface area contributed by atoms with Crippen LogP contribution in [0.4, 0.5) is 0 Å². The van der Waals surface area contributed by atoms with Gasteiger partial charge in [-0.25, -0.2) is 0 Å². The summed E-state index contributed by atoms with van der Waals surface area (Å²) in [4.78, 5) is 0. The smallest absolute Gasteiger partial charge is 0.131 e. The minimum Gasteiger partial charge on any atom is -0.364 e.